The van der Waals surface area contributed by atoms with Gasteiger partial charge >= 0.3 is 0 Å². The normalized spacial score (nSPS) is 10.2. The van der Waals surface area contributed by atoms with Crippen molar-refractivity contribution in [1.29, 1.82) is 0 Å². The first-order chi connectivity index (χ1) is 5.74. The van der Waals surface area contributed by atoms with Crippen LogP contribution < -0.4 is 0 Å². The van der Waals surface area contributed by atoms with Crippen molar-refractivity contribution in [2.75, 3.05) is 11.5 Å². The van der Waals surface area contributed by atoms with Crippen molar-refractivity contribution >= 4 is 24.4 Å². The van der Waals surface area contributed by atoms with Crippen LogP contribution in [0.2, 0.25) is 0 Å². The molecule has 0 bridgehead atoms. The largest absolute Gasteiger partial charge is 0.468 e. The van der Waals surface area contributed by atoms with E-state index in [2.05, 4.69) is 19.2 Å². The van der Waals surface area contributed by atoms with Crippen LogP contribution >= 0.6 is 24.4 Å². The number of aryl methyl sites for hydroxylation is 1. The van der Waals surface area contributed by atoms with Crippen LogP contribution in [0.4, 0.5) is 0 Å². The van der Waals surface area contributed by atoms with Gasteiger partial charge in [-0.2, -0.15) is 12.6 Å². The van der Waals surface area contributed by atoms with Gasteiger partial charge in [-0.25, -0.2) is 0 Å². The Bertz CT molecular complexity index is 265. The summed E-state index contributed by atoms with van der Waals surface area (Å²) in [6, 6.07) is 1.98. The highest BCUT2D eigenvalue weighted by molar-refractivity contribution is 7.99. The van der Waals surface area contributed by atoms with Gasteiger partial charge in [-0.1, -0.05) is 12.2 Å². The Morgan fingerprint density at radius 1 is 1.75 bits per heavy atom. The van der Waals surface area contributed by atoms with Crippen LogP contribution in [0.3, 0.4) is 0 Å². The third kappa shape index (κ3) is 2.64. The molecule has 0 saturated carbocycles. The maximum absolute atomic E-state index is 5.16. The minimum absolute atomic E-state index is 0.754. The SMILES string of the molecule is C=C(CS)CSc1ccoc1C. The summed E-state index contributed by atoms with van der Waals surface area (Å²) in [5.74, 6) is 2.65. The molecule has 0 aromatic carbocycles. The quantitative estimate of drug-likeness (QED) is 0.455. The van der Waals surface area contributed by atoms with E-state index in [1.165, 1.54) is 4.90 Å². The van der Waals surface area contributed by atoms with E-state index in [0.717, 1.165) is 22.8 Å². The second kappa shape index (κ2) is 4.67. The zero-order valence-electron chi connectivity index (χ0n) is 7.04. The smallest absolute Gasteiger partial charge is 0.114 e. The fraction of sp³-hybridized carbons (Fsp3) is 0.333. The predicted molar refractivity (Wildman–Crippen MR) is 57.2 cm³/mol. The third-order valence-corrected chi connectivity index (χ3v) is 3.20. The topological polar surface area (TPSA) is 13.1 Å². The number of thioether (sulfide) groups is 1. The Morgan fingerprint density at radius 3 is 3.00 bits per heavy atom. The molecule has 1 aromatic rings. The Labute approximate surface area is 82.6 Å². The number of hydrogen-bond donors (Lipinski definition) is 1. The molecule has 1 heterocycles. The van der Waals surface area contributed by atoms with E-state index in [1.807, 2.05) is 13.0 Å². The van der Waals surface area contributed by atoms with Gasteiger partial charge < -0.3 is 4.42 Å². The van der Waals surface area contributed by atoms with Crippen LogP contribution in [0.15, 0.2) is 33.8 Å². The van der Waals surface area contributed by atoms with Gasteiger partial charge in [0.1, 0.15) is 5.76 Å². The zero-order valence-corrected chi connectivity index (χ0v) is 8.75. The van der Waals surface area contributed by atoms with Gasteiger partial charge in [0.15, 0.2) is 0 Å². The van der Waals surface area contributed by atoms with Crippen molar-refractivity contribution in [3.63, 3.8) is 0 Å². The summed E-state index contributed by atoms with van der Waals surface area (Å²) in [6.07, 6.45) is 1.71. The van der Waals surface area contributed by atoms with Gasteiger partial charge in [0, 0.05) is 16.4 Å². The van der Waals surface area contributed by atoms with Crippen LogP contribution in [-0.2, 0) is 0 Å². The molecule has 0 fully saturated rings. The molecule has 0 aliphatic carbocycles. The van der Waals surface area contributed by atoms with Gasteiger partial charge in [0.2, 0.25) is 0 Å². The van der Waals surface area contributed by atoms with Gasteiger partial charge in [-0.3, -0.25) is 0 Å². The molecule has 66 valence electrons. The molecule has 1 rings (SSSR count). The van der Waals surface area contributed by atoms with Gasteiger partial charge in [-0.15, -0.1) is 11.8 Å². The van der Waals surface area contributed by atoms with Crippen LogP contribution in [0.1, 0.15) is 5.76 Å². The lowest BCUT2D eigenvalue weighted by molar-refractivity contribution is 0.527. The van der Waals surface area contributed by atoms with Crippen LogP contribution in [-0.4, -0.2) is 11.5 Å². The summed E-state index contributed by atoms with van der Waals surface area (Å²) in [6.45, 7) is 5.84. The Hall–Kier alpha value is -0.280. The zero-order chi connectivity index (χ0) is 8.97. The number of thiol groups is 1. The van der Waals surface area contributed by atoms with Crippen molar-refractivity contribution in [3.05, 3.63) is 30.2 Å². The van der Waals surface area contributed by atoms with Gasteiger partial charge in [0.25, 0.3) is 0 Å². The highest BCUT2D eigenvalue weighted by Gasteiger charge is 2.01. The summed E-state index contributed by atoms with van der Waals surface area (Å²) < 4.78 is 5.16. The molecular weight excluding hydrogens is 188 g/mol. The maximum Gasteiger partial charge on any atom is 0.114 e. The number of furan rings is 1. The van der Waals surface area contributed by atoms with E-state index in [9.17, 15) is 0 Å². The molecule has 0 aliphatic heterocycles. The summed E-state index contributed by atoms with van der Waals surface area (Å²) >= 11 is 5.88. The molecular formula is C9H12OS2. The summed E-state index contributed by atoms with van der Waals surface area (Å²) in [7, 11) is 0. The van der Waals surface area contributed by atoms with E-state index in [4.69, 9.17) is 4.42 Å². The number of rotatable bonds is 4. The molecule has 0 unspecified atom stereocenters. The molecule has 0 radical (unpaired) electrons. The predicted octanol–water partition coefficient (Wildman–Crippen LogP) is 3.17. The summed E-state index contributed by atoms with van der Waals surface area (Å²) in [4.78, 5) is 1.19. The first-order valence-corrected chi connectivity index (χ1v) is 5.30. The Kier molecular flexibility index (Phi) is 3.82. The van der Waals surface area contributed by atoms with E-state index in [0.29, 0.717) is 0 Å². The van der Waals surface area contributed by atoms with E-state index in [-0.39, 0.29) is 0 Å². The molecule has 1 nitrogen and oxygen atoms in total. The standard InChI is InChI=1S/C9H12OS2/c1-7(5-11)6-12-9-3-4-10-8(9)2/h3-4,11H,1,5-6H2,2H3. The van der Waals surface area contributed by atoms with Crippen molar-refractivity contribution < 1.29 is 4.42 Å². The van der Waals surface area contributed by atoms with Crippen molar-refractivity contribution in [2.45, 2.75) is 11.8 Å². The van der Waals surface area contributed by atoms with Crippen LogP contribution in [0.5, 0.6) is 0 Å². The van der Waals surface area contributed by atoms with Crippen LogP contribution in [0, 0.1) is 6.92 Å². The fourth-order valence-electron chi connectivity index (χ4n) is 0.749. The van der Waals surface area contributed by atoms with Crippen molar-refractivity contribution in [3.8, 4) is 0 Å². The van der Waals surface area contributed by atoms with E-state index >= 15 is 0 Å². The molecule has 0 amide bonds. The number of hydrogen-bond acceptors (Lipinski definition) is 3. The maximum atomic E-state index is 5.16. The molecule has 3 heteroatoms. The van der Waals surface area contributed by atoms with Crippen LogP contribution in [0.25, 0.3) is 0 Å². The molecule has 0 saturated heterocycles. The second-order valence-electron chi connectivity index (χ2n) is 2.54. The molecule has 0 atom stereocenters. The summed E-state index contributed by atoms with van der Waals surface area (Å²) in [5, 5.41) is 0. The average Bonchev–Trinajstić information content (AvgIpc) is 2.47. The monoisotopic (exact) mass is 200 g/mol. The van der Waals surface area contributed by atoms with E-state index in [1.54, 1.807) is 18.0 Å². The molecule has 0 spiro atoms. The highest BCUT2D eigenvalue weighted by atomic mass is 32.2. The Morgan fingerprint density at radius 2 is 2.50 bits per heavy atom. The van der Waals surface area contributed by atoms with Crippen molar-refractivity contribution in [1.82, 2.24) is 0 Å². The highest BCUT2D eigenvalue weighted by Crippen LogP contribution is 2.24. The first-order valence-electron chi connectivity index (χ1n) is 3.68. The van der Waals surface area contributed by atoms with E-state index < -0.39 is 0 Å². The minimum Gasteiger partial charge on any atom is -0.468 e. The lowest BCUT2D eigenvalue weighted by Crippen LogP contribution is -1.86. The first kappa shape index (κ1) is 9.81. The average molecular weight is 200 g/mol. The fourth-order valence-corrected chi connectivity index (χ4v) is 1.88. The summed E-state index contributed by atoms with van der Waals surface area (Å²) in [5.41, 5.74) is 1.14. The second-order valence-corrected chi connectivity index (χ2v) is 3.87. The lowest BCUT2D eigenvalue weighted by Gasteiger charge is -1.99. The molecule has 12 heavy (non-hydrogen) atoms. The lowest BCUT2D eigenvalue weighted by atomic mass is 10.4. The minimum atomic E-state index is 0.754. The van der Waals surface area contributed by atoms with Gasteiger partial charge in [0.05, 0.1) is 6.26 Å². The molecule has 0 N–H and O–H groups in total. The van der Waals surface area contributed by atoms with Crippen molar-refractivity contribution in [2.24, 2.45) is 0 Å². The molecule has 0 aliphatic rings. The Balaban J connectivity index is 2.43. The third-order valence-electron chi connectivity index (χ3n) is 1.47. The molecule has 1 aromatic heterocycles. The van der Waals surface area contributed by atoms with Gasteiger partial charge in [-0.05, 0) is 13.0 Å².